The Kier molecular flexibility index (Phi) is 8.36. The van der Waals surface area contributed by atoms with E-state index in [0.29, 0.717) is 13.2 Å². The number of rotatable bonds is 8. The van der Waals surface area contributed by atoms with E-state index in [2.05, 4.69) is 42.5 Å². The van der Waals surface area contributed by atoms with Crippen LogP contribution in [0.2, 0.25) is 0 Å². The second-order valence-corrected chi connectivity index (χ2v) is 5.36. The van der Waals surface area contributed by atoms with Gasteiger partial charge in [-0.15, -0.1) is 0 Å². The molecule has 0 fully saturated rings. The zero-order valence-electron chi connectivity index (χ0n) is 14.3. The van der Waals surface area contributed by atoms with Crippen LogP contribution in [0.5, 0.6) is 5.75 Å². The van der Waals surface area contributed by atoms with Gasteiger partial charge in [0, 0.05) is 32.2 Å². The van der Waals surface area contributed by atoms with Crippen LogP contribution < -0.4 is 15.4 Å². The highest BCUT2D eigenvalue weighted by Crippen LogP contribution is 2.26. The maximum absolute atomic E-state index is 5.42. The molecule has 0 spiro atoms. The lowest BCUT2D eigenvalue weighted by molar-refractivity contribution is 0.179. The zero-order chi connectivity index (χ0) is 16.4. The van der Waals surface area contributed by atoms with Crippen molar-refractivity contribution in [3.63, 3.8) is 0 Å². The highest BCUT2D eigenvalue weighted by Gasteiger charge is 2.11. The zero-order valence-corrected chi connectivity index (χ0v) is 14.3. The van der Waals surface area contributed by atoms with Crippen LogP contribution in [0.1, 0.15) is 32.3 Å². The normalized spacial score (nSPS) is 14.3. The van der Waals surface area contributed by atoms with Gasteiger partial charge in [-0.2, -0.15) is 0 Å². The van der Waals surface area contributed by atoms with Crippen molar-refractivity contribution in [3.8, 4) is 5.75 Å². The van der Waals surface area contributed by atoms with Gasteiger partial charge in [-0.05, 0) is 25.5 Å². The summed E-state index contributed by atoms with van der Waals surface area (Å²) < 4.78 is 10.6. The fourth-order valence-corrected chi connectivity index (χ4v) is 2.25. The molecule has 0 heterocycles. The van der Waals surface area contributed by atoms with Crippen LogP contribution >= 0.6 is 0 Å². The number of hydrogen-bond donors (Lipinski definition) is 2. The Hall–Kier alpha value is -1.75. The maximum atomic E-state index is 5.42. The van der Waals surface area contributed by atoms with Crippen LogP contribution in [0.4, 0.5) is 0 Å². The first kappa shape index (κ1) is 18.3. The average Bonchev–Trinajstić information content (AvgIpc) is 2.52. The third-order valence-electron chi connectivity index (χ3n) is 3.34. The van der Waals surface area contributed by atoms with Gasteiger partial charge in [-0.1, -0.05) is 25.1 Å². The van der Waals surface area contributed by atoms with E-state index in [1.165, 1.54) is 5.56 Å². The Bertz CT molecular complexity index is 463. The molecule has 0 radical (unpaired) electrons. The summed E-state index contributed by atoms with van der Waals surface area (Å²) in [6, 6.07) is 8.30. The predicted octanol–water partition coefficient (Wildman–Crippen LogP) is 2.39. The first-order valence-corrected chi connectivity index (χ1v) is 7.79. The minimum atomic E-state index is 0.212. The van der Waals surface area contributed by atoms with Crippen molar-refractivity contribution in [2.45, 2.75) is 32.7 Å². The fourth-order valence-electron chi connectivity index (χ4n) is 2.25. The number of aliphatic imine (C=N–C) groups is 1. The smallest absolute Gasteiger partial charge is 0.191 e. The lowest BCUT2D eigenvalue weighted by atomic mass is 10.0. The highest BCUT2D eigenvalue weighted by atomic mass is 16.5. The van der Waals surface area contributed by atoms with Crippen LogP contribution in [-0.2, 0) is 4.74 Å². The Labute approximate surface area is 134 Å². The first-order valence-electron chi connectivity index (χ1n) is 7.79. The summed E-state index contributed by atoms with van der Waals surface area (Å²) >= 11 is 0. The van der Waals surface area contributed by atoms with E-state index >= 15 is 0 Å². The average molecular weight is 307 g/mol. The summed E-state index contributed by atoms with van der Waals surface area (Å²) in [5, 5.41) is 6.60. The van der Waals surface area contributed by atoms with Crippen LogP contribution in [-0.4, -0.2) is 45.9 Å². The Morgan fingerprint density at radius 3 is 2.59 bits per heavy atom. The molecule has 0 aromatic heterocycles. The molecule has 0 bridgehead atoms. The van der Waals surface area contributed by atoms with Gasteiger partial charge in [0.1, 0.15) is 5.75 Å². The Balaban J connectivity index is 2.72. The molecule has 0 aliphatic carbocycles. The minimum absolute atomic E-state index is 0.212. The van der Waals surface area contributed by atoms with E-state index in [9.17, 15) is 0 Å². The minimum Gasteiger partial charge on any atom is -0.496 e. The predicted molar refractivity (Wildman–Crippen MR) is 91.9 cm³/mol. The number of ether oxygens (including phenoxy) is 2. The van der Waals surface area contributed by atoms with Crippen molar-refractivity contribution in [1.29, 1.82) is 0 Å². The summed E-state index contributed by atoms with van der Waals surface area (Å²) in [6.07, 6.45) is 0. The fraction of sp³-hybridized carbons (Fsp3) is 0.588. The quantitative estimate of drug-likeness (QED) is 0.572. The molecule has 22 heavy (non-hydrogen) atoms. The molecule has 124 valence electrons. The lowest BCUT2D eigenvalue weighted by Gasteiger charge is -2.18. The van der Waals surface area contributed by atoms with Gasteiger partial charge in [-0.25, -0.2) is 0 Å². The van der Waals surface area contributed by atoms with Gasteiger partial charge in [0.2, 0.25) is 0 Å². The molecule has 0 saturated heterocycles. The second kappa shape index (κ2) is 10.1. The summed E-state index contributed by atoms with van der Waals surface area (Å²) in [4.78, 5) is 4.67. The summed E-state index contributed by atoms with van der Waals surface area (Å²) in [5.41, 5.74) is 1.18. The largest absolute Gasteiger partial charge is 0.496 e. The summed E-state index contributed by atoms with van der Waals surface area (Å²) in [7, 11) is 3.40. The number of hydrogen-bond acceptors (Lipinski definition) is 3. The van der Waals surface area contributed by atoms with E-state index < -0.39 is 0 Å². The molecule has 2 atom stereocenters. The van der Waals surface area contributed by atoms with E-state index in [1.54, 1.807) is 14.2 Å². The second-order valence-electron chi connectivity index (χ2n) is 5.36. The van der Waals surface area contributed by atoms with Gasteiger partial charge in [0.05, 0.1) is 13.7 Å². The van der Waals surface area contributed by atoms with Crippen LogP contribution in [0.25, 0.3) is 0 Å². The summed E-state index contributed by atoms with van der Waals surface area (Å²) in [5.74, 6) is 2.01. The maximum Gasteiger partial charge on any atom is 0.191 e. The van der Waals surface area contributed by atoms with E-state index in [1.807, 2.05) is 18.2 Å². The van der Waals surface area contributed by atoms with Gasteiger partial charge in [0.15, 0.2) is 5.96 Å². The molecule has 2 N–H and O–H groups in total. The molecular formula is C17H29N3O2. The molecule has 5 nitrogen and oxygen atoms in total. The van der Waals surface area contributed by atoms with E-state index in [-0.39, 0.29) is 12.0 Å². The molecule has 0 saturated carbocycles. The number of guanidine groups is 1. The van der Waals surface area contributed by atoms with Gasteiger partial charge < -0.3 is 20.1 Å². The standard InChI is InChI=1S/C17H29N3O2/c1-6-18-17(20-14(3)12-21-4)19-11-13(2)15-9-7-8-10-16(15)22-5/h7-10,13-14H,6,11-12H2,1-5H3,(H2,18,19,20). The number of para-hydroxylation sites is 1. The number of nitrogens with one attached hydrogen (secondary N) is 2. The number of benzene rings is 1. The van der Waals surface area contributed by atoms with Crippen molar-refractivity contribution >= 4 is 5.96 Å². The topological polar surface area (TPSA) is 54.9 Å². The molecule has 1 rings (SSSR count). The van der Waals surface area contributed by atoms with Gasteiger partial charge >= 0.3 is 0 Å². The van der Waals surface area contributed by atoms with Crippen LogP contribution in [0.3, 0.4) is 0 Å². The molecule has 0 aliphatic heterocycles. The highest BCUT2D eigenvalue weighted by molar-refractivity contribution is 5.80. The van der Waals surface area contributed by atoms with Crippen molar-refractivity contribution in [1.82, 2.24) is 10.6 Å². The van der Waals surface area contributed by atoms with E-state index in [4.69, 9.17) is 9.47 Å². The molecule has 0 aliphatic rings. The third-order valence-corrected chi connectivity index (χ3v) is 3.34. The Morgan fingerprint density at radius 2 is 1.95 bits per heavy atom. The van der Waals surface area contributed by atoms with Gasteiger partial charge in [0.25, 0.3) is 0 Å². The van der Waals surface area contributed by atoms with E-state index in [0.717, 1.165) is 18.3 Å². The van der Waals surface area contributed by atoms with Crippen molar-refractivity contribution in [3.05, 3.63) is 29.8 Å². The monoisotopic (exact) mass is 307 g/mol. The van der Waals surface area contributed by atoms with Crippen molar-refractivity contribution in [2.75, 3.05) is 33.9 Å². The van der Waals surface area contributed by atoms with Crippen LogP contribution in [0, 0.1) is 0 Å². The Morgan fingerprint density at radius 1 is 1.23 bits per heavy atom. The van der Waals surface area contributed by atoms with Gasteiger partial charge in [-0.3, -0.25) is 4.99 Å². The molecule has 5 heteroatoms. The van der Waals surface area contributed by atoms with Crippen molar-refractivity contribution in [2.24, 2.45) is 4.99 Å². The SMILES string of the molecule is CCNC(=NCC(C)c1ccccc1OC)NC(C)COC. The molecule has 0 amide bonds. The van der Waals surface area contributed by atoms with Crippen molar-refractivity contribution < 1.29 is 9.47 Å². The number of nitrogens with zero attached hydrogens (tertiary/aromatic N) is 1. The number of methoxy groups -OCH3 is 2. The first-order chi connectivity index (χ1) is 10.6. The third kappa shape index (κ3) is 5.93. The molecule has 1 aromatic rings. The molecule has 2 unspecified atom stereocenters. The molecule has 1 aromatic carbocycles. The molecular weight excluding hydrogens is 278 g/mol. The lowest BCUT2D eigenvalue weighted by Crippen LogP contribution is -2.44. The van der Waals surface area contributed by atoms with Crippen LogP contribution in [0.15, 0.2) is 29.3 Å². The summed E-state index contributed by atoms with van der Waals surface area (Å²) in [6.45, 7) is 8.45.